The van der Waals surface area contributed by atoms with Crippen LogP contribution in [0.15, 0.2) is 87.5 Å². The second kappa shape index (κ2) is 8.79. The third-order valence-electron chi connectivity index (χ3n) is 4.47. The molecule has 0 radical (unpaired) electrons. The van der Waals surface area contributed by atoms with Crippen molar-refractivity contribution in [2.75, 3.05) is 5.32 Å². The molecular weight excluding hydrogens is 400 g/mol. The van der Waals surface area contributed by atoms with Crippen molar-refractivity contribution in [3.63, 3.8) is 0 Å². The highest BCUT2D eigenvalue weighted by Crippen LogP contribution is 2.24. The maximum absolute atomic E-state index is 12.5. The first-order valence-corrected chi connectivity index (χ1v) is 10.2. The van der Waals surface area contributed by atoms with Gasteiger partial charge in [-0.25, -0.2) is 4.79 Å². The van der Waals surface area contributed by atoms with Gasteiger partial charge in [0, 0.05) is 28.7 Å². The minimum Gasteiger partial charge on any atom is -0.325 e. The lowest BCUT2D eigenvalue weighted by Crippen LogP contribution is -2.33. The number of H-pyrrole nitrogens is 1. The van der Waals surface area contributed by atoms with E-state index < -0.39 is 11.2 Å². The maximum atomic E-state index is 12.5. The smallest absolute Gasteiger partial charge is 0.325 e. The molecule has 8 heteroatoms. The summed E-state index contributed by atoms with van der Waals surface area (Å²) in [6.07, 6.45) is 3.58. The van der Waals surface area contributed by atoms with Crippen molar-refractivity contribution >= 4 is 34.3 Å². The van der Waals surface area contributed by atoms with Crippen LogP contribution < -0.4 is 16.6 Å². The van der Waals surface area contributed by atoms with Crippen LogP contribution in [0.4, 0.5) is 5.69 Å². The number of nitrogens with one attached hydrogen (secondary N) is 2. The summed E-state index contributed by atoms with van der Waals surface area (Å²) in [5, 5.41) is 3.15. The Morgan fingerprint density at radius 2 is 1.83 bits per heavy atom. The lowest BCUT2D eigenvalue weighted by atomic mass is 10.2. The molecule has 0 fully saturated rings. The summed E-state index contributed by atoms with van der Waals surface area (Å²) in [5.41, 5.74) is 1.11. The number of aromatic nitrogens is 3. The Bertz CT molecular complexity index is 1300. The number of pyridine rings is 1. The van der Waals surface area contributed by atoms with Crippen LogP contribution in [0.25, 0.3) is 10.9 Å². The lowest BCUT2D eigenvalue weighted by molar-refractivity contribution is -0.116. The molecular formula is C22H18N4O3S. The summed E-state index contributed by atoms with van der Waals surface area (Å²) in [7, 11) is 0. The average molecular weight is 418 g/mol. The molecule has 4 rings (SSSR count). The molecule has 0 saturated heterocycles. The molecule has 2 heterocycles. The summed E-state index contributed by atoms with van der Waals surface area (Å²) in [5.74, 6) is 0.451. The van der Waals surface area contributed by atoms with E-state index in [0.717, 1.165) is 16.2 Å². The second-order valence-corrected chi connectivity index (χ2v) is 7.63. The number of hydrogen-bond acceptors (Lipinski definition) is 5. The normalized spacial score (nSPS) is 10.8. The fraction of sp³-hybridized carbons (Fsp3) is 0.0909. The highest BCUT2D eigenvalue weighted by Gasteiger charge is 2.11. The van der Waals surface area contributed by atoms with Crippen LogP contribution in [0.1, 0.15) is 5.56 Å². The van der Waals surface area contributed by atoms with Crippen LogP contribution in [0.5, 0.6) is 0 Å². The molecule has 0 spiro atoms. The largest absolute Gasteiger partial charge is 0.329 e. The van der Waals surface area contributed by atoms with Gasteiger partial charge in [-0.05, 0) is 48.0 Å². The van der Waals surface area contributed by atoms with Gasteiger partial charge in [0.2, 0.25) is 5.91 Å². The monoisotopic (exact) mass is 418 g/mol. The lowest BCUT2D eigenvalue weighted by Gasteiger charge is -2.10. The molecule has 2 aromatic carbocycles. The van der Waals surface area contributed by atoms with E-state index in [1.165, 1.54) is 4.57 Å². The van der Waals surface area contributed by atoms with Crippen molar-refractivity contribution in [3.05, 3.63) is 99.5 Å². The molecule has 150 valence electrons. The van der Waals surface area contributed by atoms with Crippen molar-refractivity contribution in [2.24, 2.45) is 0 Å². The molecule has 0 atom stereocenters. The fourth-order valence-electron chi connectivity index (χ4n) is 3.03. The van der Waals surface area contributed by atoms with Crippen molar-refractivity contribution in [2.45, 2.75) is 17.2 Å². The minimum atomic E-state index is -0.615. The van der Waals surface area contributed by atoms with E-state index in [0.29, 0.717) is 16.6 Å². The second-order valence-electron chi connectivity index (χ2n) is 6.59. The first kappa shape index (κ1) is 19.7. The van der Waals surface area contributed by atoms with E-state index >= 15 is 0 Å². The van der Waals surface area contributed by atoms with Gasteiger partial charge in [0.25, 0.3) is 5.56 Å². The predicted molar refractivity (Wildman–Crippen MR) is 118 cm³/mol. The summed E-state index contributed by atoms with van der Waals surface area (Å²) < 4.78 is 1.25. The van der Waals surface area contributed by atoms with E-state index in [2.05, 4.69) is 15.3 Å². The molecule has 2 aromatic heterocycles. The predicted octanol–water partition coefficient (Wildman–Crippen LogP) is 3.02. The standard InChI is InChI=1S/C22H18N4O3S/c27-20(13-26-19-6-2-1-5-18(19)21(28)25-22(26)29)24-16-7-9-17(10-8-16)30-14-15-4-3-11-23-12-15/h1-12H,13-14H2,(H,24,27)(H,25,28,29). The van der Waals surface area contributed by atoms with Gasteiger partial charge in [-0.15, -0.1) is 11.8 Å². The van der Waals surface area contributed by atoms with Crippen LogP contribution in [0, 0.1) is 0 Å². The van der Waals surface area contributed by atoms with E-state index in [-0.39, 0.29) is 12.5 Å². The van der Waals surface area contributed by atoms with Crippen molar-refractivity contribution in [1.29, 1.82) is 0 Å². The highest BCUT2D eigenvalue weighted by atomic mass is 32.2. The Kier molecular flexibility index (Phi) is 5.76. The molecule has 30 heavy (non-hydrogen) atoms. The number of amides is 1. The van der Waals surface area contributed by atoms with Gasteiger partial charge in [-0.2, -0.15) is 0 Å². The molecule has 1 amide bonds. The van der Waals surface area contributed by atoms with E-state index in [1.807, 2.05) is 42.6 Å². The highest BCUT2D eigenvalue weighted by molar-refractivity contribution is 7.98. The third-order valence-corrected chi connectivity index (χ3v) is 5.56. The number of fused-ring (bicyclic) bond motifs is 1. The number of para-hydroxylation sites is 1. The molecule has 2 N–H and O–H groups in total. The summed E-state index contributed by atoms with van der Waals surface area (Å²) in [6.45, 7) is -0.201. The zero-order chi connectivity index (χ0) is 20.9. The van der Waals surface area contributed by atoms with Crippen LogP contribution in [-0.2, 0) is 17.1 Å². The summed E-state index contributed by atoms with van der Waals surface area (Å²) >= 11 is 1.68. The van der Waals surface area contributed by atoms with Gasteiger partial charge in [0.1, 0.15) is 6.54 Å². The molecule has 0 aliphatic carbocycles. The van der Waals surface area contributed by atoms with Gasteiger partial charge in [-0.1, -0.05) is 18.2 Å². The summed E-state index contributed by atoms with van der Waals surface area (Å²) in [6, 6.07) is 18.1. The van der Waals surface area contributed by atoms with Gasteiger partial charge >= 0.3 is 5.69 Å². The SMILES string of the molecule is O=C(Cn1c(=O)[nH]c(=O)c2ccccc21)Nc1ccc(SCc2cccnc2)cc1. The number of thioether (sulfide) groups is 1. The topological polar surface area (TPSA) is 96.9 Å². The molecule has 0 aliphatic heterocycles. The Labute approximate surface area is 175 Å². The van der Waals surface area contributed by atoms with Gasteiger partial charge in [0.05, 0.1) is 10.9 Å². The van der Waals surface area contributed by atoms with Gasteiger partial charge in [0.15, 0.2) is 0 Å². The number of anilines is 1. The van der Waals surface area contributed by atoms with Crippen LogP contribution in [0.3, 0.4) is 0 Å². The first-order valence-electron chi connectivity index (χ1n) is 9.23. The zero-order valence-electron chi connectivity index (χ0n) is 15.9. The van der Waals surface area contributed by atoms with Crippen LogP contribution in [0.2, 0.25) is 0 Å². The van der Waals surface area contributed by atoms with Crippen LogP contribution >= 0.6 is 11.8 Å². The Morgan fingerprint density at radius 1 is 1.03 bits per heavy atom. The molecule has 0 bridgehead atoms. The van der Waals surface area contributed by atoms with Gasteiger partial charge in [-0.3, -0.25) is 24.1 Å². The Balaban J connectivity index is 1.43. The first-order chi connectivity index (χ1) is 14.6. The number of rotatable bonds is 6. The molecule has 4 aromatic rings. The number of carbonyl (C=O) groups excluding carboxylic acids is 1. The molecule has 7 nitrogen and oxygen atoms in total. The molecule has 0 aliphatic rings. The quantitative estimate of drug-likeness (QED) is 0.469. The summed E-state index contributed by atoms with van der Waals surface area (Å²) in [4.78, 5) is 44.0. The van der Waals surface area contributed by atoms with Crippen molar-refractivity contribution in [1.82, 2.24) is 14.5 Å². The number of nitrogens with zero attached hydrogens (tertiary/aromatic N) is 2. The van der Waals surface area contributed by atoms with E-state index in [4.69, 9.17) is 0 Å². The zero-order valence-corrected chi connectivity index (χ0v) is 16.7. The average Bonchev–Trinajstić information content (AvgIpc) is 2.77. The van der Waals surface area contributed by atoms with Crippen molar-refractivity contribution < 1.29 is 4.79 Å². The number of carbonyl (C=O) groups is 1. The van der Waals surface area contributed by atoms with E-state index in [9.17, 15) is 14.4 Å². The molecule has 0 saturated carbocycles. The number of hydrogen-bond donors (Lipinski definition) is 2. The minimum absolute atomic E-state index is 0.201. The third kappa shape index (κ3) is 4.49. The maximum Gasteiger partial charge on any atom is 0.329 e. The Morgan fingerprint density at radius 3 is 2.60 bits per heavy atom. The van der Waals surface area contributed by atoms with Crippen molar-refractivity contribution in [3.8, 4) is 0 Å². The number of benzene rings is 2. The fourth-order valence-corrected chi connectivity index (χ4v) is 3.86. The van der Waals surface area contributed by atoms with Crippen LogP contribution in [-0.4, -0.2) is 20.4 Å². The van der Waals surface area contributed by atoms with Gasteiger partial charge < -0.3 is 5.32 Å². The van der Waals surface area contributed by atoms with E-state index in [1.54, 1.807) is 42.2 Å². The number of aromatic amines is 1. The molecule has 0 unspecified atom stereocenters. The Hall–Kier alpha value is -3.65.